The maximum atomic E-state index is 12.7. The number of alkyl halides is 3. The topological polar surface area (TPSA) is 38.9 Å². The quantitative estimate of drug-likeness (QED) is 0.433. The van der Waals surface area contributed by atoms with Crippen LogP contribution < -0.4 is 0 Å². The van der Waals surface area contributed by atoms with Gasteiger partial charge in [-0.15, -0.1) is 11.8 Å². The number of pyridine rings is 1. The van der Waals surface area contributed by atoms with Gasteiger partial charge in [-0.2, -0.15) is 13.2 Å². The molecule has 0 atom stereocenters. The Morgan fingerprint density at radius 2 is 2.00 bits per heavy atom. The number of nitrogens with zero attached hydrogens (tertiary/aromatic N) is 2. The molecule has 3 nitrogen and oxygen atoms in total. The lowest BCUT2D eigenvalue weighted by atomic mass is 10.2. The van der Waals surface area contributed by atoms with Crippen LogP contribution in [0.15, 0.2) is 38.6 Å². The molecule has 2 aromatic heterocycles. The van der Waals surface area contributed by atoms with Crippen LogP contribution >= 0.6 is 23.5 Å². The van der Waals surface area contributed by atoms with Crippen LogP contribution in [0, 0.1) is 6.92 Å². The Hall–Kier alpha value is -1.67. The summed E-state index contributed by atoms with van der Waals surface area (Å²) in [6.45, 7) is 3.70. The number of rotatable bonds is 5. The highest BCUT2D eigenvalue weighted by atomic mass is 32.2. The Kier molecular flexibility index (Phi) is 4.88. The fourth-order valence-electron chi connectivity index (χ4n) is 2.97. The SMILES string of the molecule is CCSc1cc(C2CC2)cnc1-c1nc2c(C)c(SC(F)(F)F)ccc2o1. The average molecular weight is 410 g/mol. The molecule has 0 spiro atoms. The summed E-state index contributed by atoms with van der Waals surface area (Å²) in [6.07, 6.45) is 4.25. The van der Waals surface area contributed by atoms with Crippen LogP contribution in [-0.2, 0) is 0 Å². The number of benzene rings is 1. The molecule has 1 aliphatic carbocycles. The predicted molar refractivity (Wildman–Crippen MR) is 102 cm³/mol. The van der Waals surface area contributed by atoms with Gasteiger partial charge in [-0.05, 0) is 72.5 Å². The number of aryl methyl sites for hydroxylation is 1. The molecule has 0 unspecified atom stereocenters. The van der Waals surface area contributed by atoms with Crippen molar-refractivity contribution in [3.63, 3.8) is 0 Å². The van der Waals surface area contributed by atoms with Crippen molar-refractivity contribution < 1.29 is 17.6 Å². The third-order valence-corrected chi connectivity index (χ3v) is 6.22. The van der Waals surface area contributed by atoms with Gasteiger partial charge in [-0.3, -0.25) is 0 Å². The first-order valence-electron chi connectivity index (χ1n) is 8.64. The van der Waals surface area contributed by atoms with Crippen molar-refractivity contribution in [3.8, 4) is 11.6 Å². The van der Waals surface area contributed by atoms with Crippen molar-refractivity contribution in [2.75, 3.05) is 5.75 Å². The summed E-state index contributed by atoms with van der Waals surface area (Å²) in [7, 11) is 0. The summed E-state index contributed by atoms with van der Waals surface area (Å²) in [5.41, 5.74) is -1.09. The first kappa shape index (κ1) is 18.7. The molecule has 0 saturated heterocycles. The molecule has 0 bridgehead atoms. The van der Waals surface area contributed by atoms with E-state index in [-0.39, 0.29) is 16.7 Å². The molecule has 27 heavy (non-hydrogen) atoms. The monoisotopic (exact) mass is 410 g/mol. The van der Waals surface area contributed by atoms with E-state index in [4.69, 9.17) is 4.42 Å². The van der Waals surface area contributed by atoms with E-state index in [1.165, 1.54) is 30.5 Å². The van der Waals surface area contributed by atoms with Crippen LogP contribution in [-0.4, -0.2) is 21.2 Å². The minimum Gasteiger partial charge on any atom is -0.435 e. The number of thioether (sulfide) groups is 2. The summed E-state index contributed by atoms with van der Waals surface area (Å²) in [5, 5.41) is 0. The molecule has 1 aliphatic rings. The van der Waals surface area contributed by atoms with Gasteiger partial charge in [0, 0.05) is 16.0 Å². The second-order valence-electron chi connectivity index (χ2n) is 6.42. The molecule has 0 aliphatic heterocycles. The Labute approximate surface area is 163 Å². The van der Waals surface area contributed by atoms with Gasteiger partial charge in [-0.25, -0.2) is 9.97 Å². The number of oxazole rings is 1. The van der Waals surface area contributed by atoms with E-state index < -0.39 is 5.51 Å². The fourth-order valence-corrected chi connectivity index (χ4v) is 4.41. The van der Waals surface area contributed by atoms with Gasteiger partial charge in [0.2, 0.25) is 5.89 Å². The molecular formula is C19H17F3N2OS2. The molecule has 1 aromatic carbocycles. The second kappa shape index (κ2) is 7.05. The highest BCUT2D eigenvalue weighted by Crippen LogP contribution is 2.43. The largest absolute Gasteiger partial charge is 0.446 e. The molecule has 4 rings (SSSR count). The standard InChI is InChI=1S/C19H17F3N2OS2/c1-3-26-15-8-12(11-4-5-11)9-23-17(15)18-24-16-10(2)14(27-19(20,21)22)7-6-13(16)25-18/h6-9,11H,3-5H2,1-2H3. The Morgan fingerprint density at radius 1 is 1.22 bits per heavy atom. The summed E-state index contributed by atoms with van der Waals surface area (Å²) in [6, 6.07) is 5.11. The summed E-state index contributed by atoms with van der Waals surface area (Å²) in [4.78, 5) is 10.2. The average Bonchev–Trinajstić information content (AvgIpc) is 3.36. The summed E-state index contributed by atoms with van der Waals surface area (Å²) < 4.78 is 44.1. The normalized spacial score (nSPS) is 14.9. The van der Waals surface area contributed by atoms with Crippen molar-refractivity contribution >= 4 is 34.6 Å². The van der Waals surface area contributed by atoms with Crippen molar-refractivity contribution in [1.29, 1.82) is 0 Å². The van der Waals surface area contributed by atoms with E-state index in [0.29, 0.717) is 34.2 Å². The molecule has 0 radical (unpaired) electrons. The number of aromatic nitrogens is 2. The van der Waals surface area contributed by atoms with Crippen LogP contribution in [0.2, 0.25) is 0 Å². The molecule has 1 fully saturated rings. The van der Waals surface area contributed by atoms with Gasteiger partial charge in [0.05, 0.1) is 0 Å². The van der Waals surface area contributed by atoms with Crippen LogP contribution in [0.25, 0.3) is 22.7 Å². The first-order valence-corrected chi connectivity index (χ1v) is 10.4. The number of fused-ring (bicyclic) bond motifs is 1. The minimum atomic E-state index is -4.34. The Morgan fingerprint density at radius 3 is 2.67 bits per heavy atom. The molecule has 142 valence electrons. The van der Waals surface area contributed by atoms with Crippen molar-refractivity contribution in [3.05, 3.63) is 35.5 Å². The highest BCUT2D eigenvalue weighted by molar-refractivity contribution is 8.00. The van der Waals surface area contributed by atoms with Gasteiger partial charge in [-0.1, -0.05) is 6.92 Å². The zero-order valence-corrected chi connectivity index (χ0v) is 16.4. The minimum absolute atomic E-state index is 0.131. The van der Waals surface area contributed by atoms with Crippen molar-refractivity contribution in [2.24, 2.45) is 0 Å². The number of hydrogen-bond acceptors (Lipinski definition) is 5. The molecule has 1 saturated carbocycles. The second-order valence-corrected chi connectivity index (χ2v) is 8.84. The van der Waals surface area contributed by atoms with Crippen LogP contribution in [0.4, 0.5) is 13.2 Å². The molecule has 2 heterocycles. The lowest BCUT2D eigenvalue weighted by Crippen LogP contribution is -2.00. The molecular weight excluding hydrogens is 393 g/mol. The smallest absolute Gasteiger partial charge is 0.435 e. The fraction of sp³-hybridized carbons (Fsp3) is 0.368. The van der Waals surface area contributed by atoms with Crippen LogP contribution in [0.5, 0.6) is 0 Å². The molecule has 0 N–H and O–H groups in total. The van der Waals surface area contributed by atoms with Crippen LogP contribution in [0.1, 0.15) is 36.8 Å². The van der Waals surface area contributed by atoms with Crippen LogP contribution in [0.3, 0.4) is 0 Å². The highest BCUT2D eigenvalue weighted by Gasteiger charge is 2.31. The zero-order valence-electron chi connectivity index (χ0n) is 14.8. The van der Waals surface area contributed by atoms with Gasteiger partial charge in [0.25, 0.3) is 0 Å². The predicted octanol–water partition coefficient (Wildman–Crippen LogP) is 6.80. The van der Waals surface area contributed by atoms with E-state index in [1.54, 1.807) is 18.7 Å². The third kappa shape index (κ3) is 3.96. The lowest BCUT2D eigenvalue weighted by molar-refractivity contribution is -0.0328. The molecule has 0 amide bonds. The van der Waals surface area contributed by atoms with Gasteiger partial charge in [0.1, 0.15) is 11.2 Å². The Balaban J connectivity index is 1.77. The molecule has 8 heteroatoms. The maximum absolute atomic E-state index is 12.7. The van der Waals surface area contributed by atoms with E-state index in [1.807, 2.05) is 6.20 Å². The van der Waals surface area contributed by atoms with E-state index in [9.17, 15) is 13.2 Å². The van der Waals surface area contributed by atoms with E-state index in [0.717, 1.165) is 10.6 Å². The maximum Gasteiger partial charge on any atom is 0.446 e. The number of halogens is 3. The summed E-state index contributed by atoms with van der Waals surface area (Å²) in [5.74, 6) is 1.82. The Bertz CT molecular complexity index is 997. The van der Waals surface area contributed by atoms with Crippen molar-refractivity contribution in [2.45, 2.75) is 47.9 Å². The summed E-state index contributed by atoms with van der Waals surface area (Å²) >= 11 is 1.54. The zero-order chi connectivity index (χ0) is 19.2. The van der Waals surface area contributed by atoms with E-state index in [2.05, 4.69) is 23.0 Å². The number of hydrogen-bond donors (Lipinski definition) is 0. The van der Waals surface area contributed by atoms with Gasteiger partial charge in [0.15, 0.2) is 5.58 Å². The van der Waals surface area contributed by atoms with Gasteiger partial charge < -0.3 is 4.42 Å². The van der Waals surface area contributed by atoms with Gasteiger partial charge >= 0.3 is 5.51 Å². The van der Waals surface area contributed by atoms with Crippen molar-refractivity contribution in [1.82, 2.24) is 9.97 Å². The molecule has 3 aromatic rings. The third-order valence-electron chi connectivity index (χ3n) is 4.41. The first-order chi connectivity index (χ1) is 12.9. The van der Waals surface area contributed by atoms with E-state index >= 15 is 0 Å². The lowest BCUT2D eigenvalue weighted by Gasteiger charge is -2.07.